The first-order valence-corrected chi connectivity index (χ1v) is 6.06. The van der Waals surface area contributed by atoms with E-state index in [9.17, 15) is 19.3 Å². The van der Waals surface area contributed by atoms with Crippen LogP contribution in [0.4, 0.5) is 15.8 Å². The van der Waals surface area contributed by atoms with Gasteiger partial charge < -0.3 is 10.6 Å². The molecule has 2 N–H and O–H groups in total. The van der Waals surface area contributed by atoms with Crippen LogP contribution in [-0.4, -0.2) is 23.4 Å². The molecule has 1 fully saturated rings. The van der Waals surface area contributed by atoms with Crippen LogP contribution in [0.2, 0.25) is 0 Å². The van der Waals surface area contributed by atoms with E-state index in [4.69, 9.17) is 0 Å². The summed E-state index contributed by atoms with van der Waals surface area (Å²) in [6, 6.07) is 2.61. The van der Waals surface area contributed by atoms with Gasteiger partial charge in [0.25, 0.3) is 5.69 Å². The summed E-state index contributed by atoms with van der Waals surface area (Å²) in [4.78, 5) is 22.1. The lowest BCUT2D eigenvalue weighted by Crippen LogP contribution is -2.43. The number of anilines is 1. The molecule has 1 saturated heterocycles. The summed E-state index contributed by atoms with van der Waals surface area (Å²) >= 11 is 0. The Morgan fingerprint density at radius 3 is 2.89 bits per heavy atom. The molecule has 1 aromatic rings. The summed E-state index contributed by atoms with van der Waals surface area (Å²) in [5.41, 5.74) is -0.423. The van der Waals surface area contributed by atoms with Crippen LogP contribution in [0.1, 0.15) is 19.3 Å². The fourth-order valence-corrected chi connectivity index (χ4v) is 2.06. The molecule has 0 spiro atoms. The second-order valence-electron chi connectivity index (χ2n) is 4.41. The highest BCUT2D eigenvalue weighted by Crippen LogP contribution is 2.25. The summed E-state index contributed by atoms with van der Waals surface area (Å²) in [6.45, 7) is 0.739. The smallest absolute Gasteiger partial charge is 0.292 e. The summed E-state index contributed by atoms with van der Waals surface area (Å²) in [7, 11) is 0. The first-order valence-electron chi connectivity index (χ1n) is 6.06. The molecule has 1 aliphatic rings. The number of hydrogen-bond donors (Lipinski definition) is 2. The van der Waals surface area contributed by atoms with Gasteiger partial charge >= 0.3 is 0 Å². The van der Waals surface area contributed by atoms with Gasteiger partial charge in [0.15, 0.2) is 0 Å². The van der Waals surface area contributed by atoms with Crippen molar-refractivity contribution in [2.75, 3.05) is 11.9 Å². The van der Waals surface area contributed by atoms with Gasteiger partial charge in [0.2, 0.25) is 5.91 Å². The number of amides is 1. The summed E-state index contributed by atoms with van der Waals surface area (Å²) in [5.74, 6) is -0.995. The fraction of sp³-hybridized carbons (Fsp3) is 0.417. The highest BCUT2D eigenvalue weighted by atomic mass is 19.1. The molecule has 0 saturated carbocycles. The van der Waals surface area contributed by atoms with Crippen molar-refractivity contribution in [3.05, 3.63) is 34.1 Å². The van der Waals surface area contributed by atoms with Crippen molar-refractivity contribution in [2.45, 2.75) is 25.3 Å². The van der Waals surface area contributed by atoms with Gasteiger partial charge in [-0.2, -0.15) is 0 Å². The predicted octanol–water partition coefficient (Wildman–Crippen LogP) is 1.81. The van der Waals surface area contributed by atoms with E-state index in [1.54, 1.807) is 0 Å². The number of hydrogen-bond acceptors (Lipinski definition) is 4. The molecule has 7 heteroatoms. The van der Waals surface area contributed by atoms with Crippen molar-refractivity contribution < 1.29 is 14.1 Å². The number of halogens is 1. The van der Waals surface area contributed by atoms with Gasteiger partial charge in [-0.1, -0.05) is 6.42 Å². The topological polar surface area (TPSA) is 84.3 Å². The number of nitro groups is 1. The van der Waals surface area contributed by atoms with Crippen LogP contribution in [0.15, 0.2) is 18.2 Å². The van der Waals surface area contributed by atoms with Crippen molar-refractivity contribution >= 4 is 17.3 Å². The Labute approximate surface area is 109 Å². The molecule has 19 heavy (non-hydrogen) atoms. The van der Waals surface area contributed by atoms with Gasteiger partial charge in [0, 0.05) is 12.1 Å². The monoisotopic (exact) mass is 267 g/mol. The molecule has 1 atom stereocenters. The van der Waals surface area contributed by atoms with E-state index in [-0.39, 0.29) is 23.3 Å². The molecule has 102 valence electrons. The number of carbonyl (C=O) groups is 1. The molecule has 1 aliphatic heterocycles. The molecule has 1 heterocycles. The van der Waals surface area contributed by atoms with Gasteiger partial charge in [-0.3, -0.25) is 14.9 Å². The Morgan fingerprint density at radius 1 is 1.47 bits per heavy atom. The number of nitro benzene ring substituents is 1. The maximum Gasteiger partial charge on any atom is 0.292 e. The lowest BCUT2D eigenvalue weighted by Gasteiger charge is -2.22. The minimum absolute atomic E-state index is 0.109. The highest BCUT2D eigenvalue weighted by molar-refractivity contribution is 5.96. The maximum absolute atomic E-state index is 13.1. The zero-order valence-corrected chi connectivity index (χ0v) is 10.2. The maximum atomic E-state index is 13.1. The van der Waals surface area contributed by atoms with Crippen LogP contribution < -0.4 is 10.6 Å². The second kappa shape index (κ2) is 5.75. The van der Waals surface area contributed by atoms with E-state index in [1.165, 1.54) is 0 Å². The molecule has 1 aromatic carbocycles. The van der Waals surface area contributed by atoms with E-state index in [0.717, 1.165) is 37.6 Å². The van der Waals surface area contributed by atoms with Gasteiger partial charge in [-0.05, 0) is 25.5 Å². The Kier molecular flexibility index (Phi) is 4.06. The van der Waals surface area contributed by atoms with Crippen LogP contribution in [0.5, 0.6) is 0 Å². The molecule has 0 radical (unpaired) electrons. The molecule has 0 aromatic heterocycles. The third-order valence-corrected chi connectivity index (χ3v) is 3.04. The molecule has 1 unspecified atom stereocenters. The Morgan fingerprint density at radius 2 is 2.26 bits per heavy atom. The number of nitrogens with one attached hydrogen (secondary N) is 2. The second-order valence-corrected chi connectivity index (χ2v) is 4.41. The van der Waals surface area contributed by atoms with E-state index in [0.29, 0.717) is 6.42 Å². The minimum atomic E-state index is -0.649. The van der Waals surface area contributed by atoms with Crippen LogP contribution in [-0.2, 0) is 4.79 Å². The van der Waals surface area contributed by atoms with Crippen LogP contribution in [0.25, 0.3) is 0 Å². The summed E-state index contributed by atoms with van der Waals surface area (Å²) in [5, 5.41) is 16.3. The van der Waals surface area contributed by atoms with Gasteiger partial charge in [-0.25, -0.2) is 4.39 Å². The number of carbonyl (C=O) groups excluding carboxylic acids is 1. The molecule has 0 aliphatic carbocycles. The quantitative estimate of drug-likeness (QED) is 0.646. The normalized spacial score (nSPS) is 18.9. The van der Waals surface area contributed by atoms with E-state index < -0.39 is 10.7 Å². The summed E-state index contributed by atoms with van der Waals surface area (Å²) in [6.07, 6.45) is 2.61. The lowest BCUT2D eigenvalue weighted by atomic mass is 10.0. The molecule has 2 rings (SSSR count). The summed E-state index contributed by atoms with van der Waals surface area (Å²) < 4.78 is 13.1. The van der Waals surface area contributed by atoms with Crippen molar-refractivity contribution in [1.29, 1.82) is 0 Å². The fourth-order valence-electron chi connectivity index (χ4n) is 2.06. The molecular formula is C12H14FN3O3. The zero-order valence-electron chi connectivity index (χ0n) is 10.2. The van der Waals surface area contributed by atoms with Crippen molar-refractivity contribution in [1.82, 2.24) is 5.32 Å². The standard InChI is InChI=1S/C12H14FN3O3/c13-8-4-5-11(16(18)19)10(7-8)15-12(17)9-3-1-2-6-14-9/h4-5,7,9,14H,1-3,6H2,(H,15,17). The van der Waals surface area contributed by atoms with E-state index in [2.05, 4.69) is 10.6 Å². The minimum Gasteiger partial charge on any atom is -0.319 e. The average molecular weight is 267 g/mol. The number of benzene rings is 1. The Hall–Kier alpha value is -2.02. The first-order chi connectivity index (χ1) is 9.08. The van der Waals surface area contributed by atoms with Gasteiger partial charge in [0.1, 0.15) is 11.5 Å². The van der Waals surface area contributed by atoms with Crippen molar-refractivity contribution in [3.8, 4) is 0 Å². The number of piperidine rings is 1. The van der Waals surface area contributed by atoms with Crippen molar-refractivity contribution in [2.24, 2.45) is 0 Å². The van der Waals surface area contributed by atoms with Crippen LogP contribution in [0, 0.1) is 15.9 Å². The van der Waals surface area contributed by atoms with Crippen LogP contribution >= 0.6 is 0 Å². The van der Waals surface area contributed by atoms with Crippen LogP contribution in [0.3, 0.4) is 0 Å². The molecule has 1 amide bonds. The van der Waals surface area contributed by atoms with E-state index >= 15 is 0 Å². The predicted molar refractivity (Wildman–Crippen MR) is 67.3 cm³/mol. The third kappa shape index (κ3) is 3.25. The Balaban J connectivity index is 2.15. The molecule has 0 bridgehead atoms. The average Bonchev–Trinajstić information content (AvgIpc) is 2.39. The molecular weight excluding hydrogens is 253 g/mol. The largest absolute Gasteiger partial charge is 0.319 e. The number of rotatable bonds is 3. The van der Waals surface area contributed by atoms with Gasteiger partial charge in [0.05, 0.1) is 11.0 Å². The highest BCUT2D eigenvalue weighted by Gasteiger charge is 2.23. The lowest BCUT2D eigenvalue weighted by molar-refractivity contribution is -0.384. The Bertz CT molecular complexity index is 501. The zero-order chi connectivity index (χ0) is 13.8. The molecule has 6 nitrogen and oxygen atoms in total. The first kappa shape index (κ1) is 13.4. The third-order valence-electron chi connectivity index (χ3n) is 3.04. The van der Waals surface area contributed by atoms with Gasteiger partial charge in [-0.15, -0.1) is 0 Å². The number of nitrogens with zero attached hydrogens (tertiary/aromatic N) is 1. The van der Waals surface area contributed by atoms with Crippen molar-refractivity contribution in [3.63, 3.8) is 0 Å². The SMILES string of the molecule is O=C(Nc1cc(F)ccc1[N+](=O)[O-])C1CCCCN1. The van der Waals surface area contributed by atoms with E-state index in [1.807, 2.05) is 0 Å².